The summed E-state index contributed by atoms with van der Waals surface area (Å²) < 4.78 is 0. The maximum absolute atomic E-state index is 12.7. The monoisotopic (exact) mass is 508 g/mol. The molecule has 1 heteroatoms. The van der Waals surface area contributed by atoms with Crippen LogP contribution in [0.3, 0.4) is 0 Å². The Hall–Kier alpha value is -2.93. The topological polar surface area (TPSA) is 17.1 Å². The van der Waals surface area contributed by atoms with E-state index in [9.17, 15) is 4.79 Å². The molecule has 0 aliphatic carbocycles. The molecule has 0 atom stereocenters. The van der Waals surface area contributed by atoms with Crippen LogP contribution in [0.1, 0.15) is 118 Å². The molecular formula is C37H48O. The first-order valence-corrected chi connectivity index (χ1v) is 15.2. The lowest BCUT2D eigenvalue weighted by Gasteiger charge is -2.04. The summed E-state index contributed by atoms with van der Waals surface area (Å²) in [5.74, 6) is 0.0364. The predicted molar refractivity (Wildman–Crippen MR) is 166 cm³/mol. The van der Waals surface area contributed by atoms with Gasteiger partial charge in [0.05, 0.1) is 0 Å². The van der Waals surface area contributed by atoms with E-state index in [1.165, 1.54) is 95.5 Å². The smallest absolute Gasteiger partial charge is 0.185 e. The number of hydrogen-bond donors (Lipinski definition) is 0. The van der Waals surface area contributed by atoms with Crippen molar-refractivity contribution in [2.75, 3.05) is 0 Å². The van der Waals surface area contributed by atoms with Gasteiger partial charge in [0.15, 0.2) is 5.78 Å². The first kappa shape index (κ1) is 29.6. The minimum Gasteiger partial charge on any atom is -0.289 e. The molecule has 0 amide bonds. The Kier molecular flexibility index (Phi) is 14.3. The van der Waals surface area contributed by atoms with Crippen LogP contribution in [0.2, 0.25) is 0 Å². The van der Waals surface area contributed by atoms with E-state index in [1.54, 1.807) is 6.08 Å². The number of unbranched alkanes of at least 4 members (excludes halogenated alkanes) is 13. The van der Waals surface area contributed by atoms with Crippen LogP contribution in [0, 0.1) is 0 Å². The third-order valence-corrected chi connectivity index (χ3v) is 7.48. The number of benzene rings is 3. The summed E-state index contributed by atoms with van der Waals surface area (Å²) in [6.45, 7) is 2.29. The van der Waals surface area contributed by atoms with Gasteiger partial charge in [0.2, 0.25) is 0 Å². The van der Waals surface area contributed by atoms with E-state index < -0.39 is 0 Å². The van der Waals surface area contributed by atoms with Gasteiger partial charge in [-0.15, -0.1) is 0 Å². The van der Waals surface area contributed by atoms with Crippen molar-refractivity contribution in [2.45, 2.75) is 103 Å². The molecule has 0 radical (unpaired) electrons. The van der Waals surface area contributed by atoms with Gasteiger partial charge in [-0.25, -0.2) is 0 Å². The number of carbonyl (C=O) groups is 1. The molecule has 3 aromatic rings. The maximum atomic E-state index is 12.7. The predicted octanol–water partition coefficient (Wildman–Crippen LogP) is 11.3. The van der Waals surface area contributed by atoms with E-state index in [4.69, 9.17) is 0 Å². The second kappa shape index (κ2) is 18.3. The van der Waals surface area contributed by atoms with E-state index in [0.717, 1.165) is 28.7 Å². The van der Waals surface area contributed by atoms with Crippen molar-refractivity contribution in [3.8, 4) is 11.1 Å². The van der Waals surface area contributed by atoms with Gasteiger partial charge in [-0.3, -0.25) is 4.79 Å². The molecule has 0 N–H and O–H groups in total. The van der Waals surface area contributed by atoms with E-state index in [0.29, 0.717) is 0 Å². The molecular weight excluding hydrogens is 460 g/mol. The molecule has 0 unspecified atom stereocenters. The average molecular weight is 509 g/mol. The normalized spacial score (nSPS) is 11.3. The number of aryl methyl sites for hydroxylation is 1. The number of carbonyl (C=O) groups excluding carboxylic acids is 1. The zero-order chi connectivity index (χ0) is 26.7. The van der Waals surface area contributed by atoms with Crippen molar-refractivity contribution in [1.82, 2.24) is 0 Å². The molecule has 0 aromatic heterocycles. The SMILES string of the molecule is CCCCCCCCCCCCCCCCc1ccc(C=CC(=O)c2cccc(-c3ccccc3)c2)cc1. The largest absolute Gasteiger partial charge is 0.289 e. The van der Waals surface area contributed by atoms with Gasteiger partial charge in [-0.05, 0) is 47.2 Å². The van der Waals surface area contributed by atoms with Crippen LogP contribution < -0.4 is 0 Å². The van der Waals surface area contributed by atoms with E-state index in [-0.39, 0.29) is 5.78 Å². The third kappa shape index (κ3) is 11.6. The minimum absolute atomic E-state index is 0.0364. The van der Waals surface area contributed by atoms with Gasteiger partial charge >= 0.3 is 0 Å². The van der Waals surface area contributed by atoms with Gasteiger partial charge in [-0.1, -0.05) is 169 Å². The summed E-state index contributed by atoms with van der Waals surface area (Å²) in [4.78, 5) is 12.7. The van der Waals surface area contributed by atoms with Gasteiger partial charge in [0.1, 0.15) is 0 Å². The highest BCUT2D eigenvalue weighted by molar-refractivity contribution is 6.07. The average Bonchev–Trinajstić information content (AvgIpc) is 2.97. The molecule has 0 heterocycles. The molecule has 0 spiro atoms. The second-order valence-electron chi connectivity index (χ2n) is 10.7. The van der Waals surface area contributed by atoms with Gasteiger partial charge in [-0.2, -0.15) is 0 Å². The van der Waals surface area contributed by atoms with E-state index >= 15 is 0 Å². The zero-order valence-electron chi connectivity index (χ0n) is 23.7. The molecule has 3 aromatic carbocycles. The minimum atomic E-state index is 0.0364. The van der Waals surface area contributed by atoms with Crippen LogP contribution >= 0.6 is 0 Å². The highest BCUT2D eigenvalue weighted by atomic mass is 16.1. The highest BCUT2D eigenvalue weighted by Crippen LogP contribution is 2.21. The van der Waals surface area contributed by atoms with Crippen LogP contribution in [0.4, 0.5) is 0 Å². The lowest BCUT2D eigenvalue weighted by atomic mass is 10.0. The van der Waals surface area contributed by atoms with Gasteiger partial charge in [0.25, 0.3) is 0 Å². The van der Waals surface area contributed by atoms with E-state index in [2.05, 4.69) is 43.3 Å². The fraction of sp³-hybridized carbons (Fsp3) is 0.432. The molecule has 0 aliphatic heterocycles. The summed E-state index contributed by atoms with van der Waals surface area (Å²) in [6, 6.07) is 26.7. The lowest BCUT2D eigenvalue weighted by Crippen LogP contribution is -1.94. The van der Waals surface area contributed by atoms with Gasteiger partial charge in [0, 0.05) is 5.56 Å². The number of ketones is 1. The van der Waals surface area contributed by atoms with Crippen molar-refractivity contribution >= 4 is 11.9 Å². The Labute approximate surface area is 232 Å². The highest BCUT2D eigenvalue weighted by Gasteiger charge is 2.04. The van der Waals surface area contributed by atoms with Crippen molar-refractivity contribution < 1.29 is 4.79 Å². The molecule has 3 rings (SSSR count). The van der Waals surface area contributed by atoms with Crippen molar-refractivity contribution in [2.24, 2.45) is 0 Å². The molecule has 202 valence electrons. The number of rotatable bonds is 19. The van der Waals surface area contributed by atoms with Crippen molar-refractivity contribution in [1.29, 1.82) is 0 Å². The molecule has 38 heavy (non-hydrogen) atoms. The first-order valence-electron chi connectivity index (χ1n) is 15.2. The fourth-order valence-electron chi connectivity index (χ4n) is 5.07. The molecule has 0 aliphatic rings. The Morgan fingerprint density at radius 1 is 0.579 bits per heavy atom. The van der Waals surface area contributed by atoms with Crippen LogP contribution in [0.15, 0.2) is 84.9 Å². The quantitative estimate of drug-likeness (QED) is 0.0893. The summed E-state index contributed by atoms with van der Waals surface area (Å²) in [5, 5.41) is 0. The second-order valence-corrected chi connectivity index (χ2v) is 10.7. The van der Waals surface area contributed by atoms with E-state index in [1.807, 2.05) is 48.5 Å². The molecule has 0 fully saturated rings. The summed E-state index contributed by atoms with van der Waals surface area (Å²) >= 11 is 0. The summed E-state index contributed by atoms with van der Waals surface area (Å²) in [5.41, 5.74) is 5.38. The molecule has 0 bridgehead atoms. The molecule has 0 saturated heterocycles. The van der Waals surface area contributed by atoms with Crippen molar-refractivity contribution in [3.63, 3.8) is 0 Å². The van der Waals surface area contributed by atoms with Gasteiger partial charge < -0.3 is 0 Å². The third-order valence-electron chi connectivity index (χ3n) is 7.48. The fourth-order valence-corrected chi connectivity index (χ4v) is 5.07. The van der Waals surface area contributed by atoms with Crippen LogP contribution in [-0.4, -0.2) is 5.78 Å². The molecule has 1 nitrogen and oxygen atoms in total. The van der Waals surface area contributed by atoms with Crippen LogP contribution in [0.25, 0.3) is 17.2 Å². The van der Waals surface area contributed by atoms with Crippen molar-refractivity contribution in [3.05, 3.63) is 102 Å². The first-order chi connectivity index (χ1) is 18.8. The Balaban J connectivity index is 1.27. The Morgan fingerprint density at radius 3 is 1.74 bits per heavy atom. The maximum Gasteiger partial charge on any atom is 0.185 e. The Morgan fingerprint density at radius 2 is 1.13 bits per heavy atom. The summed E-state index contributed by atoms with van der Waals surface area (Å²) in [7, 11) is 0. The standard InChI is InChI=1S/C37H48O/c1-2-3-4-5-6-7-8-9-10-11-12-13-14-16-20-32-25-27-33(28-26-32)29-30-37(38)36-24-19-23-35(31-36)34-21-17-15-18-22-34/h15,17-19,21-31H,2-14,16,20H2,1H3. The summed E-state index contributed by atoms with van der Waals surface area (Å²) in [6.07, 6.45) is 24.3. The van der Waals surface area contributed by atoms with Crippen LogP contribution in [0.5, 0.6) is 0 Å². The molecule has 0 saturated carbocycles. The van der Waals surface area contributed by atoms with Crippen LogP contribution in [-0.2, 0) is 6.42 Å². The number of hydrogen-bond acceptors (Lipinski definition) is 1. The Bertz CT molecular complexity index is 1060. The zero-order valence-corrected chi connectivity index (χ0v) is 23.7. The number of allylic oxidation sites excluding steroid dienone is 1. The lowest BCUT2D eigenvalue weighted by molar-refractivity contribution is 0.104.